The lowest BCUT2D eigenvalue weighted by Crippen LogP contribution is -2.60. The molecule has 1 saturated carbocycles. The maximum absolute atomic E-state index is 13.6. The Morgan fingerprint density at radius 1 is 1.21 bits per heavy atom. The van der Waals surface area contributed by atoms with E-state index in [1.54, 1.807) is 13.8 Å². The molecule has 14 heteroatoms. The van der Waals surface area contributed by atoms with Crippen molar-refractivity contribution in [1.82, 2.24) is 10.2 Å². The summed E-state index contributed by atoms with van der Waals surface area (Å²) < 4.78 is 39.5. The van der Waals surface area contributed by atoms with Crippen molar-refractivity contribution in [2.75, 3.05) is 13.7 Å². The van der Waals surface area contributed by atoms with Gasteiger partial charge in [-0.05, 0) is 31.1 Å². The van der Waals surface area contributed by atoms with E-state index in [4.69, 9.17) is 20.9 Å². The molecule has 0 aromatic rings. The predicted octanol–water partition coefficient (Wildman–Crippen LogP) is -1.13. The predicted molar refractivity (Wildman–Crippen MR) is 115 cm³/mol. The molecule has 190 valence electrons. The van der Waals surface area contributed by atoms with E-state index in [0.29, 0.717) is 12.7 Å². The van der Waals surface area contributed by atoms with Crippen LogP contribution < -0.4 is 5.32 Å². The standard InChI is InChI=1S/C19H31ClN2O10S/c1-9(2)16(20)17(21-18(26)15(31-3)8-32-33(28,29)30)19(27)22-11(7-23)4-10-5-13(24)14(25)6-12(10)22/h7,9-17,24-25H,4-6,8H2,1-3H3,(H,21,26)(H,28,29,30). The van der Waals surface area contributed by atoms with Gasteiger partial charge in [-0.25, -0.2) is 4.18 Å². The van der Waals surface area contributed by atoms with Crippen LogP contribution in [-0.2, 0) is 33.7 Å². The number of carbonyl (C=O) groups excluding carboxylic acids is 3. The summed E-state index contributed by atoms with van der Waals surface area (Å²) in [5.41, 5.74) is 0. The average molecular weight is 515 g/mol. The van der Waals surface area contributed by atoms with E-state index in [0.717, 1.165) is 7.11 Å². The smallest absolute Gasteiger partial charge is 0.390 e. The van der Waals surface area contributed by atoms with Gasteiger partial charge < -0.3 is 30.0 Å². The Morgan fingerprint density at radius 2 is 1.82 bits per heavy atom. The summed E-state index contributed by atoms with van der Waals surface area (Å²) in [7, 11) is -3.72. The van der Waals surface area contributed by atoms with Gasteiger partial charge in [0, 0.05) is 13.2 Å². The van der Waals surface area contributed by atoms with E-state index in [9.17, 15) is 33.0 Å². The number of aliphatic hydroxyl groups is 2. The van der Waals surface area contributed by atoms with Gasteiger partial charge in [-0.2, -0.15) is 8.42 Å². The zero-order valence-electron chi connectivity index (χ0n) is 18.5. The van der Waals surface area contributed by atoms with Crippen LogP contribution in [0.2, 0.25) is 0 Å². The zero-order chi connectivity index (χ0) is 25.1. The summed E-state index contributed by atoms with van der Waals surface area (Å²) in [6, 6.07) is -2.66. The number of nitrogens with one attached hydrogen (secondary N) is 1. The minimum Gasteiger partial charge on any atom is -0.390 e. The first kappa shape index (κ1) is 27.9. The highest BCUT2D eigenvalue weighted by atomic mass is 35.5. The zero-order valence-corrected chi connectivity index (χ0v) is 20.1. The Bertz CT molecular complexity index is 825. The molecule has 1 aliphatic heterocycles. The lowest BCUT2D eigenvalue weighted by Gasteiger charge is -2.39. The summed E-state index contributed by atoms with van der Waals surface area (Å²) in [5, 5.41) is 21.7. The highest BCUT2D eigenvalue weighted by Crippen LogP contribution is 2.40. The number of halogens is 1. The number of aliphatic hydroxyl groups excluding tert-OH is 2. The third-order valence-electron chi connectivity index (χ3n) is 6.15. The van der Waals surface area contributed by atoms with Crippen LogP contribution in [0.1, 0.15) is 33.1 Å². The fourth-order valence-electron chi connectivity index (χ4n) is 4.40. The van der Waals surface area contributed by atoms with Crippen LogP contribution in [0.3, 0.4) is 0 Å². The summed E-state index contributed by atoms with van der Waals surface area (Å²) in [6.45, 7) is 2.61. The number of ether oxygens (including phenoxy) is 1. The first-order valence-electron chi connectivity index (χ1n) is 10.5. The van der Waals surface area contributed by atoms with Gasteiger partial charge in [-0.3, -0.25) is 14.1 Å². The van der Waals surface area contributed by atoms with Crippen molar-refractivity contribution < 1.29 is 46.5 Å². The van der Waals surface area contributed by atoms with Crippen LogP contribution in [0, 0.1) is 11.8 Å². The van der Waals surface area contributed by atoms with Crippen LogP contribution in [-0.4, -0.2) is 102 Å². The summed E-state index contributed by atoms with van der Waals surface area (Å²) >= 11 is 6.47. The number of likely N-dealkylation sites (tertiary alicyclic amines) is 1. The van der Waals surface area contributed by atoms with Crippen LogP contribution in [0.25, 0.3) is 0 Å². The van der Waals surface area contributed by atoms with Gasteiger partial charge in [0.05, 0.1) is 23.6 Å². The van der Waals surface area contributed by atoms with Gasteiger partial charge in [-0.1, -0.05) is 13.8 Å². The van der Waals surface area contributed by atoms with Gasteiger partial charge in [0.25, 0.3) is 5.91 Å². The third-order valence-corrected chi connectivity index (χ3v) is 7.34. The van der Waals surface area contributed by atoms with E-state index in [-0.39, 0.29) is 24.7 Å². The van der Waals surface area contributed by atoms with E-state index < -0.39 is 70.6 Å². The third kappa shape index (κ3) is 6.84. The SMILES string of the molecule is COC(COS(=O)(=O)O)C(=O)NC(C(=O)N1C(C=O)CC2CC(O)C(O)CC21)C(Cl)C(C)C. The van der Waals surface area contributed by atoms with Crippen LogP contribution in [0.15, 0.2) is 0 Å². The molecule has 2 rings (SSSR count). The molecule has 8 unspecified atom stereocenters. The minimum atomic E-state index is -4.83. The molecule has 0 bridgehead atoms. The number of aldehydes is 1. The van der Waals surface area contributed by atoms with Crippen molar-refractivity contribution in [3.63, 3.8) is 0 Å². The second kappa shape index (κ2) is 11.4. The maximum Gasteiger partial charge on any atom is 0.397 e. The number of hydrogen-bond donors (Lipinski definition) is 4. The molecule has 0 aromatic carbocycles. The van der Waals surface area contributed by atoms with Gasteiger partial charge in [0.1, 0.15) is 18.9 Å². The molecule has 2 aliphatic rings. The quantitative estimate of drug-likeness (QED) is 0.158. The van der Waals surface area contributed by atoms with Crippen LogP contribution >= 0.6 is 11.6 Å². The number of carbonyl (C=O) groups is 3. The van der Waals surface area contributed by atoms with Gasteiger partial charge in [0.15, 0.2) is 6.10 Å². The van der Waals surface area contributed by atoms with Crippen molar-refractivity contribution in [1.29, 1.82) is 0 Å². The number of hydrogen-bond acceptors (Lipinski definition) is 9. The lowest BCUT2D eigenvalue weighted by atomic mass is 9.81. The Morgan fingerprint density at radius 3 is 2.33 bits per heavy atom. The second-order valence-electron chi connectivity index (χ2n) is 8.73. The summed E-state index contributed by atoms with van der Waals surface area (Å²) in [4.78, 5) is 39.4. The molecule has 33 heavy (non-hydrogen) atoms. The van der Waals surface area contributed by atoms with Gasteiger partial charge in [-0.15, -0.1) is 11.6 Å². The van der Waals surface area contributed by atoms with E-state index in [1.807, 2.05) is 0 Å². The fourth-order valence-corrected chi connectivity index (χ4v) is 4.87. The van der Waals surface area contributed by atoms with Crippen molar-refractivity contribution in [3.05, 3.63) is 0 Å². The Labute approximate surface area is 197 Å². The number of fused-ring (bicyclic) bond motifs is 1. The van der Waals surface area contributed by atoms with Crippen molar-refractivity contribution in [3.8, 4) is 0 Å². The molecule has 12 nitrogen and oxygen atoms in total. The topological polar surface area (TPSA) is 180 Å². The second-order valence-corrected chi connectivity index (χ2v) is 10.3. The molecule has 0 spiro atoms. The molecular formula is C19H31ClN2O10S. The first-order chi connectivity index (χ1) is 15.3. The number of alkyl halides is 1. The normalized spacial score (nSPS) is 30.4. The van der Waals surface area contributed by atoms with E-state index in [1.165, 1.54) is 4.90 Å². The van der Waals surface area contributed by atoms with Crippen molar-refractivity contribution in [2.45, 2.75) is 74.9 Å². The minimum absolute atomic E-state index is 0.0695. The molecule has 1 saturated heterocycles. The molecule has 2 amide bonds. The molecule has 2 fully saturated rings. The Hall–Kier alpha value is -1.35. The molecule has 1 aliphatic carbocycles. The van der Waals surface area contributed by atoms with E-state index >= 15 is 0 Å². The largest absolute Gasteiger partial charge is 0.397 e. The molecule has 1 heterocycles. The number of nitrogens with zero attached hydrogens (tertiary/aromatic N) is 1. The van der Waals surface area contributed by atoms with Gasteiger partial charge >= 0.3 is 10.4 Å². The molecule has 4 N–H and O–H groups in total. The number of rotatable bonds is 10. The number of methoxy groups -OCH3 is 1. The molecule has 0 radical (unpaired) electrons. The van der Waals surface area contributed by atoms with Gasteiger partial charge in [0.2, 0.25) is 5.91 Å². The summed E-state index contributed by atoms with van der Waals surface area (Å²) in [6.07, 6.45) is -2.28. The van der Waals surface area contributed by atoms with Crippen LogP contribution in [0.4, 0.5) is 0 Å². The monoisotopic (exact) mass is 514 g/mol. The highest BCUT2D eigenvalue weighted by Gasteiger charge is 2.51. The van der Waals surface area contributed by atoms with Crippen molar-refractivity contribution in [2.24, 2.45) is 11.8 Å². The maximum atomic E-state index is 13.6. The number of amides is 2. The van der Waals surface area contributed by atoms with E-state index in [2.05, 4.69) is 9.50 Å². The lowest BCUT2D eigenvalue weighted by molar-refractivity contribution is -0.145. The van der Waals surface area contributed by atoms with Crippen molar-refractivity contribution >= 4 is 40.1 Å². The molecule has 8 atom stereocenters. The average Bonchev–Trinajstić information content (AvgIpc) is 3.08. The fraction of sp³-hybridized carbons (Fsp3) is 0.842. The Kier molecular flexibility index (Phi) is 9.62. The summed E-state index contributed by atoms with van der Waals surface area (Å²) in [5.74, 6) is -2.05. The molecule has 0 aromatic heterocycles. The molecular weight excluding hydrogens is 484 g/mol. The highest BCUT2D eigenvalue weighted by molar-refractivity contribution is 7.80. The first-order valence-corrected chi connectivity index (χ1v) is 12.3. The van der Waals surface area contributed by atoms with Crippen LogP contribution in [0.5, 0.6) is 0 Å². The Balaban J connectivity index is 2.27.